The van der Waals surface area contributed by atoms with Crippen molar-refractivity contribution in [1.82, 2.24) is 4.72 Å². The molecule has 0 spiro atoms. The van der Waals surface area contributed by atoms with Crippen molar-refractivity contribution in [3.05, 3.63) is 77.2 Å². The van der Waals surface area contributed by atoms with Crippen LogP contribution in [0, 0.1) is 0 Å². The summed E-state index contributed by atoms with van der Waals surface area (Å²) >= 11 is 0. The Kier molecular flexibility index (Phi) is 6.28. The highest BCUT2D eigenvalue weighted by Crippen LogP contribution is 2.15. The molecule has 0 aliphatic carbocycles. The van der Waals surface area contributed by atoms with Crippen molar-refractivity contribution >= 4 is 22.1 Å². The van der Waals surface area contributed by atoms with E-state index in [1.807, 2.05) is 48.5 Å². The second-order valence-corrected chi connectivity index (χ2v) is 6.77. The predicted octanol–water partition coefficient (Wildman–Crippen LogP) is 2.88. The van der Waals surface area contributed by atoms with Gasteiger partial charge in [0, 0.05) is 5.41 Å². The summed E-state index contributed by atoms with van der Waals surface area (Å²) in [5, 5.41) is 1.02. The molecule has 0 saturated heterocycles. The first-order chi connectivity index (χ1) is 11.5. The standard InChI is InChI=1S/C18H19NO4S/c1-15(17-10-6-3-7-11-17)23-18(20)14-19-24(21,22)13-12-16-8-4-2-5-9-16/h2-13,15,19H,14H2,1H3/b13-12+/t15-/m1/s1. The molecule has 0 aromatic heterocycles. The first-order valence-electron chi connectivity index (χ1n) is 7.43. The van der Waals surface area contributed by atoms with Crippen LogP contribution in [0.4, 0.5) is 0 Å². The van der Waals surface area contributed by atoms with E-state index < -0.39 is 28.6 Å². The molecule has 24 heavy (non-hydrogen) atoms. The van der Waals surface area contributed by atoms with Gasteiger partial charge in [-0.25, -0.2) is 13.1 Å². The Balaban J connectivity index is 1.85. The molecule has 2 aromatic rings. The van der Waals surface area contributed by atoms with Gasteiger partial charge in [0.05, 0.1) is 0 Å². The van der Waals surface area contributed by atoms with Crippen molar-refractivity contribution in [2.75, 3.05) is 6.54 Å². The lowest BCUT2D eigenvalue weighted by atomic mass is 10.1. The summed E-state index contributed by atoms with van der Waals surface area (Å²) in [7, 11) is -3.71. The number of carbonyl (C=O) groups is 1. The number of ether oxygens (including phenoxy) is 1. The molecule has 2 aromatic carbocycles. The summed E-state index contributed by atoms with van der Waals surface area (Å²) < 4.78 is 31.1. The first-order valence-corrected chi connectivity index (χ1v) is 8.98. The first kappa shape index (κ1) is 17.9. The zero-order valence-corrected chi connectivity index (χ0v) is 14.1. The summed E-state index contributed by atoms with van der Waals surface area (Å²) in [6.45, 7) is 1.32. The normalized spacial score (nSPS) is 12.9. The molecule has 1 atom stereocenters. The van der Waals surface area contributed by atoms with Gasteiger partial charge in [0.1, 0.15) is 12.6 Å². The highest BCUT2D eigenvalue weighted by Gasteiger charge is 2.14. The fourth-order valence-corrected chi connectivity index (χ4v) is 2.72. The van der Waals surface area contributed by atoms with Gasteiger partial charge in [0.15, 0.2) is 0 Å². The quantitative estimate of drug-likeness (QED) is 0.783. The molecule has 0 unspecified atom stereocenters. The van der Waals surface area contributed by atoms with E-state index in [2.05, 4.69) is 4.72 Å². The van der Waals surface area contributed by atoms with Gasteiger partial charge in [-0.1, -0.05) is 60.7 Å². The van der Waals surface area contributed by atoms with Gasteiger partial charge < -0.3 is 4.74 Å². The highest BCUT2D eigenvalue weighted by molar-refractivity contribution is 7.92. The Labute approximate surface area is 142 Å². The van der Waals surface area contributed by atoms with Gasteiger partial charge in [0.2, 0.25) is 10.0 Å². The van der Waals surface area contributed by atoms with Crippen LogP contribution >= 0.6 is 0 Å². The van der Waals surface area contributed by atoms with Crippen LogP contribution in [0.5, 0.6) is 0 Å². The smallest absolute Gasteiger partial charge is 0.321 e. The lowest BCUT2D eigenvalue weighted by molar-refractivity contribution is -0.147. The van der Waals surface area contributed by atoms with E-state index in [0.717, 1.165) is 16.5 Å². The zero-order valence-electron chi connectivity index (χ0n) is 13.3. The number of benzene rings is 2. The number of carbonyl (C=O) groups excluding carboxylic acids is 1. The average molecular weight is 345 g/mol. The molecule has 126 valence electrons. The zero-order chi connectivity index (χ0) is 17.4. The van der Waals surface area contributed by atoms with E-state index in [0.29, 0.717) is 0 Å². The Hall–Kier alpha value is -2.44. The molecule has 6 heteroatoms. The predicted molar refractivity (Wildman–Crippen MR) is 93.3 cm³/mol. The maximum atomic E-state index is 11.9. The van der Waals surface area contributed by atoms with Crippen molar-refractivity contribution in [3.63, 3.8) is 0 Å². The van der Waals surface area contributed by atoms with Crippen molar-refractivity contribution in [1.29, 1.82) is 0 Å². The van der Waals surface area contributed by atoms with E-state index >= 15 is 0 Å². The molecule has 0 saturated carbocycles. The SMILES string of the molecule is C[C@@H](OC(=O)CNS(=O)(=O)/C=C/c1ccccc1)c1ccccc1. The average Bonchev–Trinajstić information content (AvgIpc) is 2.60. The minimum absolute atomic E-state index is 0.418. The lowest BCUT2D eigenvalue weighted by Gasteiger charge is -2.13. The summed E-state index contributed by atoms with van der Waals surface area (Å²) in [5.74, 6) is -0.636. The van der Waals surface area contributed by atoms with Crippen LogP contribution < -0.4 is 4.72 Å². The third-order valence-corrected chi connectivity index (χ3v) is 4.28. The van der Waals surface area contributed by atoms with Crippen LogP contribution in [0.2, 0.25) is 0 Å². The van der Waals surface area contributed by atoms with Crippen molar-refractivity contribution in [2.24, 2.45) is 0 Å². The molecule has 0 amide bonds. The maximum Gasteiger partial charge on any atom is 0.321 e. The molecule has 0 aliphatic heterocycles. The van der Waals surface area contributed by atoms with E-state index in [9.17, 15) is 13.2 Å². The lowest BCUT2D eigenvalue weighted by Crippen LogP contribution is -2.29. The molecular formula is C18H19NO4S. The Bertz CT molecular complexity index is 786. The molecule has 0 bridgehead atoms. The number of rotatable bonds is 7. The topological polar surface area (TPSA) is 72.5 Å². The van der Waals surface area contributed by atoms with E-state index in [-0.39, 0.29) is 0 Å². The summed E-state index contributed by atoms with van der Waals surface area (Å²) in [6, 6.07) is 18.2. The molecular weight excluding hydrogens is 326 g/mol. The summed E-state index contributed by atoms with van der Waals surface area (Å²) in [4.78, 5) is 11.8. The van der Waals surface area contributed by atoms with Gasteiger partial charge in [-0.05, 0) is 24.1 Å². The summed E-state index contributed by atoms with van der Waals surface area (Å²) in [6.07, 6.45) is 1.02. The minimum atomic E-state index is -3.71. The van der Waals surface area contributed by atoms with Crippen LogP contribution in [0.1, 0.15) is 24.2 Å². The summed E-state index contributed by atoms with van der Waals surface area (Å²) in [5.41, 5.74) is 1.60. The van der Waals surface area contributed by atoms with Gasteiger partial charge in [-0.2, -0.15) is 0 Å². The van der Waals surface area contributed by atoms with Crippen LogP contribution in [-0.4, -0.2) is 20.9 Å². The van der Waals surface area contributed by atoms with Crippen LogP contribution in [0.15, 0.2) is 66.1 Å². The molecule has 2 rings (SSSR count). The largest absolute Gasteiger partial charge is 0.457 e. The Morgan fingerprint density at radius 3 is 2.29 bits per heavy atom. The highest BCUT2D eigenvalue weighted by atomic mass is 32.2. The Morgan fingerprint density at radius 2 is 1.67 bits per heavy atom. The molecule has 5 nitrogen and oxygen atoms in total. The van der Waals surface area contributed by atoms with Crippen molar-refractivity contribution < 1.29 is 17.9 Å². The van der Waals surface area contributed by atoms with E-state index in [1.54, 1.807) is 19.1 Å². The molecule has 0 fully saturated rings. The minimum Gasteiger partial charge on any atom is -0.457 e. The molecule has 0 radical (unpaired) electrons. The van der Waals surface area contributed by atoms with Gasteiger partial charge >= 0.3 is 5.97 Å². The van der Waals surface area contributed by atoms with E-state index in [4.69, 9.17) is 4.74 Å². The number of sulfonamides is 1. The van der Waals surface area contributed by atoms with Crippen molar-refractivity contribution in [2.45, 2.75) is 13.0 Å². The second kappa shape index (κ2) is 8.42. The van der Waals surface area contributed by atoms with Gasteiger partial charge in [-0.3, -0.25) is 4.79 Å². The molecule has 1 N–H and O–H groups in total. The number of esters is 1. The van der Waals surface area contributed by atoms with Crippen LogP contribution in [0.25, 0.3) is 6.08 Å². The van der Waals surface area contributed by atoms with Crippen LogP contribution in [-0.2, 0) is 19.6 Å². The fraction of sp³-hybridized carbons (Fsp3) is 0.167. The molecule has 0 heterocycles. The van der Waals surface area contributed by atoms with Gasteiger partial charge in [-0.15, -0.1) is 0 Å². The van der Waals surface area contributed by atoms with Crippen LogP contribution in [0.3, 0.4) is 0 Å². The van der Waals surface area contributed by atoms with Gasteiger partial charge in [0.25, 0.3) is 0 Å². The second-order valence-electron chi connectivity index (χ2n) is 5.12. The Morgan fingerprint density at radius 1 is 1.08 bits per heavy atom. The van der Waals surface area contributed by atoms with E-state index in [1.165, 1.54) is 6.08 Å². The maximum absolute atomic E-state index is 11.9. The number of hydrogen-bond acceptors (Lipinski definition) is 4. The molecule has 0 aliphatic rings. The number of hydrogen-bond donors (Lipinski definition) is 1. The van der Waals surface area contributed by atoms with Crippen molar-refractivity contribution in [3.8, 4) is 0 Å². The third-order valence-electron chi connectivity index (χ3n) is 3.23. The number of nitrogens with one attached hydrogen (secondary N) is 1. The monoisotopic (exact) mass is 345 g/mol. The third kappa shape index (κ3) is 5.98. The fourth-order valence-electron chi connectivity index (χ4n) is 1.97.